The molecule has 0 aromatic heterocycles. The van der Waals surface area contributed by atoms with Gasteiger partial charge in [-0.15, -0.1) is 0 Å². The van der Waals surface area contributed by atoms with Crippen LogP contribution in [0.3, 0.4) is 0 Å². The maximum atomic E-state index is 14.0. The summed E-state index contributed by atoms with van der Waals surface area (Å²) in [6.45, 7) is 17.4. The molecule has 0 aromatic carbocycles. The Kier molecular flexibility index (Phi) is 11.1. The van der Waals surface area contributed by atoms with Crippen molar-refractivity contribution in [2.24, 2.45) is 11.3 Å². The predicted octanol–water partition coefficient (Wildman–Crippen LogP) is 3.48. The summed E-state index contributed by atoms with van der Waals surface area (Å²) in [7, 11) is 1.76. The van der Waals surface area contributed by atoms with Gasteiger partial charge in [0.05, 0.1) is 12.1 Å². The van der Waals surface area contributed by atoms with Gasteiger partial charge >= 0.3 is 0 Å². The first kappa shape index (κ1) is 33.1. The Morgan fingerprint density at radius 2 is 1.51 bits per heavy atom. The van der Waals surface area contributed by atoms with Gasteiger partial charge in [0.2, 0.25) is 23.6 Å². The molecule has 4 atom stereocenters. The molecule has 4 amide bonds. The summed E-state index contributed by atoms with van der Waals surface area (Å²) in [6.07, 6.45) is 8.23. The van der Waals surface area contributed by atoms with Crippen molar-refractivity contribution in [1.82, 2.24) is 25.3 Å². The molecule has 0 radical (unpaired) electrons. The van der Waals surface area contributed by atoms with E-state index in [-0.39, 0.29) is 53.7 Å². The zero-order valence-electron chi connectivity index (χ0n) is 27.0. The van der Waals surface area contributed by atoms with Gasteiger partial charge in [0.1, 0.15) is 12.1 Å². The molecule has 232 valence electrons. The lowest BCUT2D eigenvalue weighted by Crippen LogP contribution is -2.60. The van der Waals surface area contributed by atoms with Crippen molar-refractivity contribution < 1.29 is 19.2 Å². The van der Waals surface area contributed by atoms with Crippen LogP contribution in [0.25, 0.3) is 0 Å². The second-order valence-electron chi connectivity index (χ2n) is 14.1. The van der Waals surface area contributed by atoms with E-state index in [1.54, 1.807) is 23.8 Å². The second kappa shape index (κ2) is 13.7. The maximum Gasteiger partial charge on any atom is 0.249 e. The molecule has 0 spiro atoms. The number of hydrogen-bond donors (Lipinski definition) is 2. The molecule has 0 aromatic rings. The molecule has 9 heteroatoms. The van der Waals surface area contributed by atoms with Crippen LogP contribution in [0.2, 0.25) is 0 Å². The zero-order valence-corrected chi connectivity index (χ0v) is 27.0. The Labute approximate surface area is 247 Å². The third-order valence-corrected chi connectivity index (χ3v) is 8.89. The molecule has 2 heterocycles. The average Bonchev–Trinajstić information content (AvgIpc) is 3.58. The van der Waals surface area contributed by atoms with Gasteiger partial charge in [0, 0.05) is 31.2 Å². The number of carbonyl (C=O) groups excluding carboxylic acids is 4. The number of rotatable bonds is 10. The molecule has 2 aliphatic heterocycles. The zero-order chi connectivity index (χ0) is 30.6. The normalized spacial score (nSPS) is 23.9. The lowest BCUT2D eigenvalue weighted by atomic mass is 9.84. The Morgan fingerprint density at radius 1 is 0.878 bits per heavy atom. The minimum Gasteiger partial charge on any atom is -0.352 e. The van der Waals surface area contributed by atoms with E-state index in [2.05, 4.69) is 29.4 Å². The molecule has 41 heavy (non-hydrogen) atoms. The molecule has 2 unspecified atom stereocenters. The van der Waals surface area contributed by atoms with Crippen LogP contribution < -0.4 is 10.6 Å². The Morgan fingerprint density at radius 3 is 2.07 bits per heavy atom. The summed E-state index contributed by atoms with van der Waals surface area (Å²) >= 11 is 0. The summed E-state index contributed by atoms with van der Waals surface area (Å²) in [5.41, 5.74) is 0.0205. The van der Waals surface area contributed by atoms with Gasteiger partial charge in [-0.1, -0.05) is 47.1 Å². The van der Waals surface area contributed by atoms with E-state index >= 15 is 0 Å². The van der Waals surface area contributed by atoms with Gasteiger partial charge in [-0.25, -0.2) is 0 Å². The third kappa shape index (κ3) is 8.33. The first-order valence-electron chi connectivity index (χ1n) is 15.8. The topological polar surface area (TPSA) is 102 Å². The highest BCUT2D eigenvalue weighted by atomic mass is 16.2. The lowest BCUT2D eigenvalue weighted by molar-refractivity contribution is -0.142. The number of hydrogen-bond acceptors (Lipinski definition) is 5. The summed E-state index contributed by atoms with van der Waals surface area (Å²) in [6, 6.07) is -1.23. The summed E-state index contributed by atoms with van der Waals surface area (Å²) in [4.78, 5) is 59.5. The largest absolute Gasteiger partial charge is 0.352 e. The minimum absolute atomic E-state index is 0.0327. The van der Waals surface area contributed by atoms with Crippen LogP contribution in [-0.2, 0) is 19.2 Å². The van der Waals surface area contributed by atoms with Crippen LogP contribution in [0.1, 0.15) is 100 Å². The molecule has 9 nitrogen and oxygen atoms in total. The van der Waals surface area contributed by atoms with E-state index in [1.807, 2.05) is 40.7 Å². The second-order valence-corrected chi connectivity index (χ2v) is 14.1. The van der Waals surface area contributed by atoms with Gasteiger partial charge < -0.3 is 20.4 Å². The predicted molar refractivity (Wildman–Crippen MR) is 162 cm³/mol. The van der Waals surface area contributed by atoms with Crippen LogP contribution in [0, 0.1) is 11.3 Å². The molecular formula is C32H55N5O4. The van der Waals surface area contributed by atoms with Gasteiger partial charge in [-0.2, -0.15) is 0 Å². The van der Waals surface area contributed by atoms with Crippen molar-refractivity contribution in [3.05, 3.63) is 11.6 Å². The van der Waals surface area contributed by atoms with Crippen molar-refractivity contribution >= 4 is 23.6 Å². The number of amides is 4. The first-order valence-corrected chi connectivity index (χ1v) is 15.8. The van der Waals surface area contributed by atoms with Gasteiger partial charge in [0.25, 0.3) is 0 Å². The van der Waals surface area contributed by atoms with E-state index < -0.39 is 17.5 Å². The fraction of sp³-hybridized carbons (Fsp3) is 0.812. The van der Waals surface area contributed by atoms with Gasteiger partial charge in [0.15, 0.2) is 0 Å². The van der Waals surface area contributed by atoms with E-state index in [0.717, 1.165) is 45.1 Å². The van der Waals surface area contributed by atoms with Crippen molar-refractivity contribution in [3.63, 3.8) is 0 Å². The highest BCUT2D eigenvalue weighted by Crippen LogP contribution is 2.27. The number of nitrogens with zero attached hydrogens (tertiary/aromatic N) is 3. The van der Waals surface area contributed by atoms with Crippen molar-refractivity contribution in [1.29, 1.82) is 0 Å². The van der Waals surface area contributed by atoms with E-state index in [0.29, 0.717) is 18.5 Å². The SMILES string of the molecule is C/C(=C\[C@H](C(C)C)N(C)C(=O)C(NC(=O)C1CCCCN1C(C)C)C(C)(C)C)C(=O)N1CCC[C@H]1C(=O)NC1CC1. The summed E-state index contributed by atoms with van der Waals surface area (Å²) in [5.74, 6) is -0.443. The fourth-order valence-corrected chi connectivity index (χ4v) is 6.20. The third-order valence-electron chi connectivity index (χ3n) is 8.89. The van der Waals surface area contributed by atoms with E-state index in [9.17, 15) is 19.2 Å². The van der Waals surface area contributed by atoms with Crippen LogP contribution in [0.4, 0.5) is 0 Å². The fourth-order valence-electron chi connectivity index (χ4n) is 6.20. The molecule has 0 bridgehead atoms. The summed E-state index contributed by atoms with van der Waals surface area (Å²) in [5, 5.41) is 6.18. The quantitative estimate of drug-likeness (QED) is 0.390. The van der Waals surface area contributed by atoms with Crippen LogP contribution in [0.15, 0.2) is 11.6 Å². The molecule has 3 fully saturated rings. The van der Waals surface area contributed by atoms with Crippen LogP contribution in [-0.4, -0.2) is 94.7 Å². The molecule has 3 aliphatic rings. The molecule has 1 saturated carbocycles. The number of likely N-dealkylation sites (tertiary alicyclic amines) is 2. The maximum absolute atomic E-state index is 14.0. The molecule has 3 rings (SSSR count). The lowest BCUT2D eigenvalue weighted by Gasteiger charge is -2.41. The first-order chi connectivity index (χ1) is 19.1. The van der Waals surface area contributed by atoms with Crippen LogP contribution >= 0.6 is 0 Å². The number of likely N-dealkylation sites (N-methyl/N-ethyl adjacent to an activating group) is 1. The van der Waals surface area contributed by atoms with Crippen LogP contribution in [0.5, 0.6) is 0 Å². The molecule has 2 saturated heterocycles. The van der Waals surface area contributed by atoms with E-state index in [1.165, 1.54) is 0 Å². The Hall–Kier alpha value is -2.42. The number of nitrogens with one attached hydrogen (secondary N) is 2. The summed E-state index contributed by atoms with van der Waals surface area (Å²) < 4.78 is 0. The number of piperidine rings is 1. The highest BCUT2D eigenvalue weighted by Gasteiger charge is 2.41. The Bertz CT molecular complexity index is 997. The monoisotopic (exact) mass is 573 g/mol. The van der Waals surface area contributed by atoms with Gasteiger partial charge in [-0.3, -0.25) is 24.1 Å². The van der Waals surface area contributed by atoms with Gasteiger partial charge in [-0.05, 0) is 77.2 Å². The standard InChI is InChI=1S/C32H55N5O4/c1-20(2)26(19-22(5)30(40)37-18-12-14-25(37)28(38)33-23-15-16-23)35(9)31(41)27(32(6,7)8)34-29(39)24-13-10-11-17-36(24)21(3)4/h19-21,23-27H,10-18H2,1-9H3,(H,33,38)(H,34,39)/b22-19+/t24?,25-,26+,27?/m0/s1. The van der Waals surface area contributed by atoms with Crippen molar-refractivity contribution in [3.8, 4) is 0 Å². The van der Waals surface area contributed by atoms with Crippen molar-refractivity contribution in [2.75, 3.05) is 20.1 Å². The van der Waals surface area contributed by atoms with Crippen molar-refractivity contribution in [2.45, 2.75) is 137 Å². The average molecular weight is 574 g/mol. The molecule has 1 aliphatic carbocycles. The molecular weight excluding hydrogens is 518 g/mol. The Balaban J connectivity index is 1.77. The molecule has 2 N–H and O–H groups in total. The minimum atomic E-state index is -0.712. The smallest absolute Gasteiger partial charge is 0.249 e. The van der Waals surface area contributed by atoms with E-state index in [4.69, 9.17) is 0 Å². The highest BCUT2D eigenvalue weighted by molar-refractivity contribution is 5.97. The number of carbonyl (C=O) groups is 4.